The molecular weight excluding hydrogens is 232 g/mol. The van der Waals surface area contributed by atoms with Gasteiger partial charge in [-0.3, -0.25) is 0 Å². The molecule has 3 N–H and O–H groups in total. The Balaban J connectivity index is 1.85. The standard InChI is InChI=1S/C13H16N2OS/c14-9-5-6-13(16,7-9)8-12-15-10-3-1-2-4-11(10)17-12/h1-4,9,16H,5-8,14H2. The highest BCUT2D eigenvalue weighted by Crippen LogP contribution is 2.34. The van der Waals surface area contributed by atoms with Gasteiger partial charge in [-0.1, -0.05) is 12.1 Å². The minimum Gasteiger partial charge on any atom is -0.389 e. The monoisotopic (exact) mass is 248 g/mol. The van der Waals surface area contributed by atoms with E-state index in [1.807, 2.05) is 18.2 Å². The van der Waals surface area contributed by atoms with E-state index in [-0.39, 0.29) is 6.04 Å². The van der Waals surface area contributed by atoms with E-state index < -0.39 is 5.60 Å². The molecule has 1 saturated carbocycles. The summed E-state index contributed by atoms with van der Waals surface area (Å²) in [5.41, 5.74) is 6.26. The van der Waals surface area contributed by atoms with Crippen LogP contribution in [0.4, 0.5) is 0 Å². The Kier molecular flexibility index (Phi) is 2.65. The minimum absolute atomic E-state index is 0.148. The lowest BCUT2D eigenvalue weighted by Crippen LogP contribution is -2.30. The number of para-hydroxylation sites is 1. The number of nitrogens with two attached hydrogens (primary N) is 1. The van der Waals surface area contributed by atoms with E-state index in [2.05, 4.69) is 11.1 Å². The topological polar surface area (TPSA) is 59.1 Å². The van der Waals surface area contributed by atoms with Crippen LogP contribution >= 0.6 is 11.3 Å². The van der Waals surface area contributed by atoms with Gasteiger partial charge in [0.1, 0.15) is 0 Å². The van der Waals surface area contributed by atoms with Crippen LogP contribution in [0.1, 0.15) is 24.3 Å². The molecule has 0 amide bonds. The number of benzene rings is 1. The molecule has 1 aliphatic carbocycles. The van der Waals surface area contributed by atoms with Crippen molar-refractivity contribution in [2.24, 2.45) is 5.73 Å². The van der Waals surface area contributed by atoms with Gasteiger partial charge >= 0.3 is 0 Å². The van der Waals surface area contributed by atoms with Gasteiger partial charge in [-0.25, -0.2) is 4.98 Å². The van der Waals surface area contributed by atoms with E-state index in [9.17, 15) is 5.11 Å². The van der Waals surface area contributed by atoms with Crippen LogP contribution in [0, 0.1) is 0 Å². The van der Waals surface area contributed by atoms with Crippen LogP contribution in [0.15, 0.2) is 24.3 Å². The van der Waals surface area contributed by atoms with Crippen LogP contribution in [-0.4, -0.2) is 21.7 Å². The number of aromatic nitrogens is 1. The van der Waals surface area contributed by atoms with E-state index in [0.29, 0.717) is 12.8 Å². The number of fused-ring (bicyclic) bond motifs is 1. The summed E-state index contributed by atoms with van der Waals surface area (Å²) < 4.78 is 1.19. The summed E-state index contributed by atoms with van der Waals surface area (Å²) in [5.74, 6) is 0. The third-order valence-electron chi connectivity index (χ3n) is 3.44. The summed E-state index contributed by atoms with van der Waals surface area (Å²) in [5, 5.41) is 11.4. The number of hydrogen-bond donors (Lipinski definition) is 2. The molecule has 90 valence electrons. The average molecular weight is 248 g/mol. The quantitative estimate of drug-likeness (QED) is 0.855. The highest BCUT2D eigenvalue weighted by molar-refractivity contribution is 7.18. The summed E-state index contributed by atoms with van der Waals surface area (Å²) >= 11 is 1.67. The maximum absolute atomic E-state index is 10.4. The zero-order valence-corrected chi connectivity index (χ0v) is 10.4. The van der Waals surface area contributed by atoms with E-state index in [4.69, 9.17) is 5.73 Å². The fourth-order valence-corrected chi connectivity index (χ4v) is 3.69. The predicted molar refractivity (Wildman–Crippen MR) is 70.1 cm³/mol. The van der Waals surface area contributed by atoms with Crippen molar-refractivity contribution in [1.82, 2.24) is 4.98 Å². The van der Waals surface area contributed by atoms with Crippen molar-refractivity contribution >= 4 is 21.6 Å². The molecule has 2 atom stereocenters. The summed E-state index contributed by atoms with van der Waals surface area (Å²) in [6.45, 7) is 0. The van der Waals surface area contributed by atoms with E-state index in [1.54, 1.807) is 11.3 Å². The highest BCUT2D eigenvalue weighted by Gasteiger charge is 2.36. The van der Waals surface area contributed by atoms with Gasteiger partial charge in [0.05, 0.1) is 20.8 Å². The van der Waals surface area contributed by atoms with Gasteiger partial charge in [0.25, 0.3) is 0 Å². The molecule has 1 aromatic heterocycles. The zero-order valence-electron chi connectivity index (χ0n) is 9.60. The van der Waals surface area contributed by atoms with Gasteiger partial charge in [0.2, 0.25) is 0 Å². The molecule has 17 heavy (non-hydrogen) atoms. The summed E-state index contributed by atoms with van der Waals surface area (Å²) in [7, 11) is 0. The second-order valence-corrected chi connectivity index (χ2v) is 6.09. The molecule has 0 aliphatic heterocycles. The van der Waals surface area contributed by atoms with Crippen LogP contribution in [0.25, 0.3) is 10.2 Å². The smallest absolute Gasteiger partial charge is 0.0967 e. The fourth-order valence-electron chi connectivity index (χ4n) is 2.58. The summed E-state index contributed by atoms with van der Waals surface area (Å²) in [6, 6.07) is 8.24. The Labute approximate surface area is 104 Å². The van der Waals surface area contributed by atoms with Crippen molar-refractivity contribution in [2.75, 3.05) is 0 Å². The van der Waals surface area contributed by atoms with Crippen molar-refractivity contribution in [3.05, 3.63) is 29.3 Å². The molecule has 0 saturated heterocycles. The molecule has 1 aliphatic rings. The number of hydrogen-bond acceptors (Lipinski definition) is 4. The first-order valence-electron chi connectivity index (χ1n) is 5.97. The van der Waals surface area contributed by atoms with E-state index in [0.717, 1.165) is 23.4 Å². The Hall–Kier alpha value is -0.970. The molecule has 1 fully saturated rings. The van der Waals surface area contributed by atoms with Gasteiger partial charge in [0, 0.05) is 12.5 Å². The first-order valence-corrected chi connectivity index (χ1v) is 6.79. The van der Waals surface area contributed by atoms with Gasteiger partial charge in [-0.15, -0.1) is 11.3 Å². The van der Waals surface area contributed by atoms with E-state index >= 15 is 0 Å². The lowest BCUT2D eigenvalue weighted by molar-refractivity contribution is 0.0468. The zero-order chi connectivity index (χ0) is 11.9. The lowest BCUT2D eigenvalue weighted by atomic mass is 9.98. The van der Waals surface area contributed by atoms with Crippen molar-refractivity contribution in [2.45, 2.75) is 37.3 Å². The maximum atomic E-state index is 10.4. The predicted octanol–water partition coefficient (Wildman–Crippen LogP) is 2.08. The average Bonchev–Trinajstić information content (AvgIpc) is 2.81. The second-order valence-electron chi connectivity index (χ2n) is 4.98. The molecule has 0 spiro atoms. The number of aliphatic hydroxyl groups is 1. The lowest BCUT2D eigenvalue weighted by Gasteiger charge is -2.20. The van der Waals surface area contributed by atoms with Gasteiger partial charge in [-0.05, 0) is 31.4 Å². The number of nitrogens with zero attached hydrogens (tertiary/aromatic N) is 1. The van der Waals surface area contributed by atoms with Crippen LogP contribution in [0.5, 0.6) is 0 Å². The molecule has 2 unspecified atom stereocenters. The SMILES string of the molecule is NC1CCC(O)(Cc2nc3ccccc3s2)C1. The molecule has 2 aromatic rings. The normalized spacial score (nSPS) is 28.9. The van der Waals surface area contributed by atoms with Crippen LogP contribution in [0.2, 0.25) is 0 Å². The van der Waals surface area contributed by atoms with E-state index in [1.165, 1.54) is 4.70 Å². The van der Waals surface area contributed by atoms with Gasteiger partial charge in [0.15, 0.2) is 0 Å². The Morgan fingerprint density at radius 1 is 1.47 bits per heavy atom. The first kappa shape index (κ1) is 11.1. The molecule has 4 heteroatoms. The highest BCUT2D eigenvalue weighted by atomic mass is 32.1. The Morgan fingerprint density at radius 2 is 2.29 bits per heavy atom. The molecule has 1 heterocycles. The molecular formula is C13H16N2OS. The van der Waals surface area contributed by atoms with Gasteiger partial charge in [-0.2, -0.15) is 0 Å². The summed E-state index contributed by atoms with van der Waals surface area (Å²) in [6.07, 6.45) is 3.05. The number of rotatable bonds is 2. The van der Waals surface area contributed by atoms with Crippen LogP contribution < -0.4 is 5.73 Å². The second kappa shape index (κ2) is 4.05. The molecule has 3 rings (SSSR count). The van der Waals surface area contributed by atoms with Crippen molar-refractivity contribution in [1.29, 1.82) is 0 Å². The van der Waals surface area contributed by atoms with Crippen molar-refractivity contribution in [3.63, 3.8) is 0 Å². The Bertz CT molecular complexity index is 506. The van der Waals surface area contributed by atoms with Crippen LogP contribution in [-0.2, 0) is 6.42 Å². The van der Waals surface area contributed by atoms with Crippen LogP contribution in [0.3, 0.4) is 0 Å². The van der Waals surface area contributed by atoms with Crippen molar-refractivity contribution in [3.8, 4) is 0 Å². The van der Waals surface area contributed by atoms with Gasteiger partial charge < -0.3 is 10.8 Å². The molecule has 0 radical (unpaired) electrons. The Morgan fingerprint density at radius 3 is 3.00 bits per heavy atom. The molecule has 3 nitrogen and oxygen atoms in total. The third kappa shape index (κ3) is 2.20. The fraction of sp³-hybridized carbons (Fsp3) is 0.462. The molecule has 1 aromatic carbocycles. The maximum Gasteiger partial charge on any atom is 0.0967 e. The largest absolute Gasteiger partial charge is 0.389 e. The first-order chi connectivity index (χ1) is 8.15. The summed E-state index contributed by atoms with van der Waals surface area (Å²) in [4.78, 5) is 4.56. The molecule has 0 bridgehead atoms. The van der Waals surface area contributed by atoms with Crippen molar-refractivity contribution < 1.29 is 5.11 Å². The minimum atomic E-state index is -0.632. The number of thiazole rings is 1. The third-order valence-corrected chi connectivity index (χ3v) is 4.48.